The lowest BCUT2D eigenvalue weighted by molar-refractivity contribution is 0.118. The van der Waals surface area contributed by atoms with Gasteiger partial charge >= 0.3 is 0 Å². The van der Waals surface area contributed by atoms with Crippen LogP contribution >= 0.6 is 22.6 Å². The van der Waals surface area contributed by atoms with Crippen molar-refractivity contribution < 1.29 is 8.78 Å². The summed E-state index contributed by atoms with van der Waals surface area (Å²) >= 11 is 2.16. The summed E-state index contributed by atoms with van der Waals surface area (Å²) in [4.78, 5) is 0. The standard InChI is InChI=1S/C5H7F2I/c6-5(7)4-1-3(4)2-8/h3-5H,1-2H2/t3-,4+/m0/s1. The fourth-order valence-corrected chi connectivity index (χ4v) is 1.77. The van der Waals surface area contributed by atoms with Crippen molar-refractivity contribution in [3.63, 3.8) is 0 Å². The molecule has 0 N–H and O–H groups in total. The van der Waals surface area contributed by atoms with Gasteiger partial charge < -0.3 is 0 Å². The molecule has 0 nitrogen and oxygen atoms in total. The first-order chi connectivity index (χ1) is 3.75. The SMILES string of the molecule is FC(F)[C@@H]1C[C@H]1CI. The van der Waals surface area contributed by atoms with Gasteiger partial charge in [0, 0.05) is 10.3 Å². The third-order valence-corrected chi connectivity index (χ3v) is 2.63. The molecule has 3 heteroatoms. The molecule has 0 saturated heterocycles. The van der Waals surface area contributed by atoms with E-state index in [1.807, 2.05) is 0 Å². The van der Waals surface area contributed by atoms with Crippen LogP contribution in [-0.2, 0) is 0 Å². The van der Waals surface area contributed by atoms with E-state index in [0.29, 0.717) is 5.92 Å². The summed E-state index contributed by atoms with van der Waals surface area (Å²) in [6.45, 7) is 0. The highest BCUT2D eigenvalue weighted by Crippen LogP contribution is 2.43. The molecule has 0 aromatic carbocycles. The lowest BCUT2D eigenvalue weighted by atomic mass is 10.4. The molecule has 8 heavy (non-hydrogen) atoms. The Bertz CT molecular complexity index is 84.5. The zero-order valence-electron chi connectivity index (χ0n) is 4.28. The molecule has 0 unspecified atom stereocenters. The van der Waals surface area contributed by atoms with Crippen molar-refractivity contribution in [2.75, 3.05) is 4.43 Å². The second kappa shape index (κ2) is 2.45. The lowest BCUT2D eigenvalue weighted by Gasteiger charge is -1.90. The van der Waals surface area contributed by atoms with Gasteiger partial charge in [0.25, 0.3) is 0 Å². The van der Waals surface area contributed by atoms with E-state index in [0.717, 1.165) is 10.8 Å². The highest BCUT2D eigenvalue weighted by molar-refractivity contribution is 14.1. The maximum absolute atomic E-state index is 11.7. The van der Waals surface area contributed by atoms with Crippen LogP contribution < -0.4 is 0 Å². The fraction of sp³-hybridized carbons (Fsp3) is 1.00. The molecule has 0 radical (unpaired) electrons. The van der Waals surface area contributed by atoms with Crippen LogP contribution in [0.15, 0.2) is 0 Å². The first kappa shape index (κ1) is 6.71. The van der Waals surface area contributed by atoms with Crippen molar-refractivity contribution in [3.8, 4) is 0 Å². The van der Waals surface area contributed by atoms with E-state index in [1.54, 1.807) is 0 Å². The Kier molecular flexibility index (Phi) is 2.06. The fourth-order valence-electron chi connectivity index (χ4n) is 0.757. The van der Waals surface area contributed by atoms with E-state index in [4.69, 9.17) is 0 Å². The van der Waals surface area contributed by atoms with Gasteiger partial charge in [-0.1, -0.05) is 22.6 Å². The van der Waals surface area contributed by atoms with Crippen LogP contribution in [0.4, 0.5) is 8.78 Å². The average molecular weight is 232 g/mol. The number of hydrogen-bond donors (Lipinski definition) is 0. The summed E-state index contributed by atoms with van der Waals surface area (Å²) in [5, 5.41) is 0. The van der Waals surface area contributed by atoms with E-state index in [9.17, 15) is 8.78 Å². The molecular formula is C5H7F2I. The molecule has 0 aliphatic heterocycles. The third kappa shape index (κ3) is 1.30. The summed E-state index contributed by atoms with van der Waals surface area (Å²) in [5.74, 6) is 0.0718. The molecular weight excluding hydrogens is 225 g/mol. The van der Waals surface area contributed by atoms with Crippen molar-refractivity contribution in [3.05, 3.63) is 0 Å². The molecule has 0 bridgehead atoms. The predicted molar refractivity (Wildman–Crippen MR) is 36.5 cm³/mol. The van der Waals surface area contributed by atoms with Gasteiger partial charge in [0.1, 0.15) is 0 Å². The maximum atomic E-state index is 11.7. The van der Waals surface area contributed by atoms with Crippen LogP contribution in [0, 0.1) is 11.8 Å². The van der Waals surface area contributed by atoms with Gasteiger partial charge in [-0.3, -0.25) is 0 Å². The quantitative estimate of drug-likeness (QED) is 0.506. The maximum Gasteiger partial charge on any atom is 0.241 e. The van der Waals surface area contributed by atoms with E-state index in [1.165, 1.54) is 0 Å². The first-order valence-corrected chi connectivity index (χ1v) is 4.12. The minimum Gasteiger partial charge on any atom is -0.210 e. The van der Waals surface area contributed by atoms with Crippen molar-refractivity contribution in [1.82, 2.24) is 0 Å². The van der Waals surface area contributed by atoms with Gasteiger partial charge in [0.2, 0.25) is 6.43 Å². The number of hydrogen-bond acceptors (Lipinski definition) is 0. The average Bonchev–Trinajstić information content (AvgIpc) is 2.42. The summed E-state index contributed by atoms with van der Waals surface area (Å²) in [5.41, 5.74) is 0. The normalized spacial score (nSPS) is 36.0. The Morgan fingerprint density at radius 2 is 2.25 bits per heavy atom. The second-order valence-electron chi connectivity index (χ2n) is 2.15. The van der Waals surface area contributed by atoms with Gasteiger partial charge in [-0.25, -0.2) is 8.78 Å². The molecule has 1 fully saturated rings. The Morgan fingerprint density at radius 1 is 1.62 bits per heavy atom. The van der Waals surface area contributed by atoms with Crippen LogP contribution in [0.5, 0.6) is 0 Å². The first-order valence-electron chi connectivity index (χ1n) is 2.60. The Labute approximate surface area is 60.8 Å². The van der Waals surface area contributed by atoms with E-state index in [-0.39, 0.29) is 5.92 Å². The number of halogens is 3. The van der Waals surface area contributed by atoms with Crippen molar-refractivity contribution >= 4 is 22.6 Å². The molecule has 2 atom stereocenters. The molecule has 0 amide bonds. The van der Waals surface area contributed by atoms with Crippen LogP contribution in [0.1, 0.15) is 6.42 Å². The largest absolute Gasteiger partial charge is 0.241 e. The van der Waals surface area contributed by atoms with Gasteiger partial charge in [-0.2, -0.15) is 0 Å². The summed E-state index contributed by atoms with van der Waals surface area (Å²) in [7, 11) is 0. The molecule has 1 saturated carbocycles. The minimum atomic E-state index is -2.06. The highest BCUT2D eigenvalue weighted by atomic mass is 127. The molecule has 0 spiro atoms. The molecule has 0 heterocycles. The number of rotatable bonds is 2. The van der Waals surface area contributed by atoms with Crippen LogP contribution in [0.3, 0.4) is 0 Å². The summed E-state index contributed by atoms with van der Waals surface area (Å²) in [6, 6.07) is 0. The Hall–Kier alpha value is 0.590. The molecule has 48 valence electrons. The molecule has 1 aliphatic carbocycles. The summed E-state index contributed by atoms with van der Waals surface area (Å²) in [6.07, 6.45) is -1.31. The summed E-state index contributed by atoms with van der Waals surface area (Å²) < 4.78 is 24.2. The van der Waals surface area contributed by atoms with Crippen molar-refractivity contribution in [2.45, 2.75) is 12.8 Å². The van der Waals surface area contributed by atoms with E-state index >= 15 is 0 Å². The lowest BCUT2D eigenvalue weighted by Crippen LogP contribution is -1.95. The smallest absolute Gasteiger partial charge is 0.210 e. The van der Waals surface area contributed by atoms with Crippen molar-refractivity contribution in [1.29, 1.82) is 0 Å². The predicted octanol–water partition coefficient (Wildman–Crippen LogP) is 2.32. The Morgan fingerprint density at radius 3 is 2.38 bits per heavy atom. The molecule has 1 aliphatic rings. The van der Waals surface area contributed by atoms with Gasteiger partial charge in [0.15, 0.2) is 0 Å². The van der Waals surface area contributed by atoms with Crippen LogP contribution in [-0.4, -0.2) is 10.9 Å². The molecule has 1 rings (SSSR count). The van der Waals surface area contributed by atoms with Gasteiger partial charge in [0.05, 0.1) is 0 Å². The van der Waals surface area contributed by atoms with Crippen LogP contribution in [0.25, 0.3) is 0 Å². The van der Waals surface area contributed by atoms with E-state index < -0.39 is 6.43 Å². The van der Waals surface area contributed by atoms with Crippen LogP contribution in [0.2, 0.25) is 0 Å². The van der Waals surface area contributed by atoms with Gasteiger partial charge in [-0.15, -0.1) is 0 Å². The third-order valence-electron chi connectivity index (χ3n) is 1.50. The number of alkyl halides is 3. The van der Waals surface area contributed by atoms with Crippen molar-refractivity contribution in [2.24, 2.45) is 11.8 Å². The zero-order chi connectivity index (χ0) is 6.15. The highest BCUT2D eigenvalue weighted by Gasteiger charge is 2.42. The monoisotopic (exact) mass is 232 g/mol. The molecule has 0 aromatic rings. The van der Waals surface area contributed by atoms with E-state index in [2.05, 4.69) is 22.6 Å². The Balaban J connectivity index is 2.16. The minimum absolute atomic E-state index is 0.258. The van der Waals surface area contributed by atoms with Gasteiger partial charge in [-0.05, 0) is 12.3 Å². The topological polar surface area (TPSA) is 0 Å². The molecule has 0 aromatic heterocycles. The zero-order valence-corrected chi connectivity index (χ0v) is 6.44. The second-order valence-corrected chi connectivity index (χ2v) is 3.03.